The van der Waals surface area contributed by atoms with E-state index >= 15 is 0 Å². The van der Waals surface area contributed by atoms with Gasteiger partial charge in [0.2, 0.25) is 5.91 Å². The van der Waals surface area contributed by atoms with E-state index < -0.39 is 0 Å². The van der Waals surface area contributed by atoms with Gasteiger partial charge in [0.25, 0.3) is 0 Å². The van der Waals surface area contributed by atoms with Crippen molar-refractivity contribution in [3.05, 3.63) is 29.6 Å². The molecule has 1 aliphatic rings. The molecule has 0 atom stereocenters. The number of anilines is 1. The van der Waals surface area contributed by atoms with E-state index in [1.165, 1.54) is 6.07 Å². The summed E-state index contributed by atoms with van der Waals surface area (Å²) in [5.41, 5.74) is 1.83. The zero-order valence-corrected chi connectivity index (χ0v) is 11.2. The van der Waals surface area contributed by atoms with Crippen LogP contribution in [0.2, 0.25) is 0 Å². The monoisotopic (exact) mass is 299 g/mol. The van der Waals surface area contributed by atoms with Crippen LogP contribution in [-0.4, -0.2) is 17.8 Å². The maximum absolute atomic E-state index is 13.1. The van der Waals surface area contributed by atoms with Gasteiger partial charge in [0.1, 0.15) is 5.82 Å². The molecular formula is C13H15BrFNO. The van der Waals surface area contributed by atoms with Crippen molar-refractivity contribution >= 4 is 27.5 Å². The van der Waals surface area contributed by atoms with Crippen LogP contribution in [0.15, 0.2) is 18.2 Å². The number of carbonyl (C=O) groups is 1. The van der Waals surface area contributed by atoms with Crippen LogP contribution in [-0.2, 0) is 11.2 Å². The SMILES string of the molecule is O=C1CCc2cc(F)ccc2N1CCCCBr. The highest BCUT2D eigenvalue weighted by atomic mass is 79.9. The van der Waals surface area contributed by atoms with E-state index in [0.717, 1.165) is 36.0 Å². The highest BCUT2D eigenvalue weighted by Crippen LogP contribution is 2.28. The highest BCUT2D eigenvalue weighted by Gasteiger charge is 2.23. The Balaban J connectivity index is 2.18. The summed E-state index contributed by atoms with van der Waals surface area (Å²) in [6.07, 6.45) is 3.15. The molecule has 0 N–H and O–H groups in total. The minimum absolute atomic E-state index is 0.152. The number of nitrogens with zero attached hydrogens (tertiary/aromatic N) is 1. The van der Waals surface area contributed by atoms with Gasteiger partial charge in [0.15, 0.2) is 0 Å². The van der Waals surface area contributed by atoms with Crippen molar-refractivity contribution < 1.29 is 9.18 Å². The average molecular weight is 300 g/mol. The van der Waals surface area contributed by atoms with Crippen LogP contribution in [0.25, 0.3) is 0 Å². The van der Waals surface area contributed by atoms with E-state index in [4.69, 9.17) is 0 Å². The third-order valence-electron chi connectivity index (χ3n) is 3.01. The molecule has 2 rings (SSSR count). The minimum Gasteiger partial charge on any atom is -0.312 e. The Hall–Kier alpha value is -0.900. The second-order valence-electron chi connectivity index (χ2n) is 4.21. The first-order valence-electron chi connectivity index (χ1n) is 5.87. The molecule has 0 unspecified atom stereocenters. The molecule has 1 aromatic rings. The summed E-state index contributed by atoms with van der Waals surface area (Å²) in [6.45, 7) is 0.725. The van der Waals surface area contributed by atoms with E-state index in [-0.39, 0.29) is 11.7 Å². The van der Waals surface area contributed by atoms with Crippen LogP contribution in [0.4, 0.5) is 10.1 Å². The summed E-state index contributed by atoms with van der Waals surface area (Å²) >= 11 is 3.38. The molecule has 1 heterocycles. The number of unbranched alkanes of at least 4 members (excludes halogenated alkanes) is 1. The topological polar surface area (TPSA) is 20.3 Å². The van der Waals surface area contributed by atoms with E-state index in [0.29, 0.717) is 12.8 Å². The van der Waals surface area contributed by atoms with Crippen LogP contribution >= 0.6 is 15.9 Å². The van der Waals surface area contributed by atoms with E-state index in [9.17, 15) is 9.18 Å². The van der Waals surface area contributed by atoms with Gasteiger partial charge in [0.05, 0.1) is 0 Å². The van der Waals surface area contributed by atoms with Crippen molar-refractivity contribution in [1.29, 1.82) is 0 Å². The fraction of sp³-hybridized carbons (Fsp3) is 0.462. The Morgan fingerprint density at radius 2 is 2.12 bits per heavy atom. The maximum Gasteiger partial charge on any atom is 0.227 e. The van der Waals surface area contributed by atoms with Gasteiger partial charge in [-0.25, -0.2) is 4.39 Å². The largest absolute Gasteiger partial charge is 0.312 e. The molecule has 0 aromatic heterocycles. The molecule has 0 aliphatic carbocycles. The van der Waals surface area contributed by atoms with Crippen LogP contribution in [0.1, 0.15) is 24.8 Å². The van der Waals surface area contributed by atoms with Gasteiger partial charge in [-0.1, -0.05) is 15.9 Å². The fourth-order valence-electron chi connectivity index (χ4n) is 2.14. The number of alkyl halides is 1. The van der Waals surface area contributed by atoms with Crippen molar-refractivity contribution in [1.82, 2.24) is 0 Å². The molecular weight excluding hydrogens is 285 g/mol. The van der Waals surface area contributed by atoms with Gasteiger partial charge >= 0.3 is 0 Å². The Labute approximate surface area is 109 Å². The third kappa shape index (κ3) is 2.86. The first kappa shape index (κ1) is 12.6. The van der Waals surface area contributed by atoms with Gasteiger partial charge in [0, 0.05) is 24.0 Å². The molecule has 0 saturated heterocycles. The molecule has 0 saturated carbocycles. The standard InChI is InChI=1S/C13H15BrFNO/c14-7-1-2-8-16-12-5-4-11(15)9-10(12)3-6-13(16)17/h4-5,9H,1-3,6-8H2. The molecule has 0 fully saturated rings. The predicted octanol–water partition coefficient (Wildman–Crippen LogP) is 3.28. The predicted molar refractivity (Wildman–Crippen MR) is 70.1 cm³/mol. The fourth-order valence-corrected chi connectivity index (χ4v) is 2.53. The zero-order valence-electron chi connectivity index (χ0n) is 9.59. The van der Waals surface area contributed by atoms with Crippen molar-refractivity contribution in [2.45, 2.75) is 25.7 Å². The van der Waals surface area contributed by atoms with E-state index in [1.54, 1.807) is 17.0 Å². The lowest BCUT2D eigenvalue weighted by Crippen LogP contribution is -2.35. The lowest BCUT2D eigenvalue weighted by Gasteiger charge is -2.29. The van der Waals surface area contributed by atoms with Crippen LogP contribution < -0.4 is 4.90 Å². The number of hydrogen-bond donors (Lipinski definition) is 0. The van der Waals surface area contributed by atoms with E-state index in [2.05, 4.69) is 15.9 Å². The van der Waals surface area contributed by atoms with Crippen molar-refractivity contribution in [3.8, 4) is 0 Å². The number of amides is 1. The number of carbonyl (C=O) groups excluding carboxylic acids is 1. The number of halogens is 2. The number of fused-ring (bicyclic) bond motifs is 1. The summed E-state index contributed by atoms with van der Waals surface area (Å²) in [7, 11) is 0. The van der Waals surface area contributed by atoms with Crippen LogP contribution in [0.3, 0.4) is 0 Å². The molecule has 0 radical (unpaired) electrons. The second kappa shape index (κ2) is 5.63. The van der Waals surface area contributed by atoms with Crippen LogP contribution in [0.5, 0.6) is 0 Å². The van der Waals surface area contributed by atoms with Gasteiger partial charge in [-0.2, -0.15) is 0 Å². The summed E-state index contributed by atoms with van der Waals surface area (Å²) in [5.74, 6) is -0.0720. The normalized spacial score (nSPS) is 14.9. The average Bonchev–Trinajstić information content (AvgIpc) is 2.32. The van der Waals surface area contributed by atoms with Crippen molar-refractivity contribution in [2.24, 2.45) is 0 Å². The van der Waals surface area contributed by atoms with Gasteiger partial charge in [-0.15, -0.1) is 0 Å². The van der Waals surface area contributed by atoms with Crippen LogP contribution in [0, 0.1) is 5.82 Å². The molecule has 2 nitrogen and oxygen atoms in total. The summed E-state index contributed by atoms with van der Waals surface area (Å²) < 4.78 is 13.1. The summed E-state index contributed by atoms with van der Waals surface area (Å²) in [5, 5.41) is 0.950. The minimum atomic E-state index is -0.224. The maximum atomic E-state index is 13.1. The number of hydrogen-bond acceptors (Lipinski definition) is 1. The van der Waals surface area contributed by atoms with Crippen molar-refractivity contribution in [2.75, 3.05) is 16.8 Å². The molecule has 0 spiro atoms. The van der Waals surface area contributed by atoms with Crippen molar-refractivity contribution in [3.63, 3.8) is 0 Å². The van der Waals surface area contributed by atoms with E-state index in [1.807, 2.05) is 0 Å². The van der Waals surface area contributed by atoms with Gasteiger partial charge < -0.3 is 4.90 Å². The quantitative estimate of drug-likeness (QED) is 0.617. The molecule has 1 amide bonds. The summed E-state index contributed by atoms with van der Waals surface area (Å²) in [6, 6.07) is 4.68. The lowest BCUT2D eigenvalue weighted by atomic mass is 10.0. The van der Waals surface area contributed by atoms with Gasteiger partial charge in [-0.05, 0) is 43.0 Å². The molecule has 17 heavy (non-hydrogen) atoms. The Morgan fingerprint density at radius 3 is 2.88 bits per heavy atom. The lowest BCUT2D eigenvalue weighted by molar-refractivity contribution is -0.118. The molecule has 4 heteroatoms. The molecule has 92 valence electrons. The summed E-state index contributed by atoms with van der Waals surface area (Å²) in [4.78, 5) is 13.6. The number of aryl methyl sites for hydroxylation is 1. The number of rotatable bonds is 4. The molecule has 0 bridgehead atoms. The smallest absolute Gasteiger partial charge is 0.227 e. The molecule has 1 aromatic carbocycles. The molecule has 1 aliphatic heterocycles. The Morgan fingerprint density at radius 1 is 1.29 bits per heavy atom. The van der Waals surface area contributed by atoms with Gasteiger partial charge in [-0.3, -0.25) is 4.79 Å². The third-order valence-corrected chi connectivity index (χ3v) is 3.57. The Bertz CT molecular complexity index is 422. The highest BCUT2D eigenvalue weighted by molar-refractivity contribution is 9.09. The first-order valence-corrected chi connectivity index (χ1v) is 6.99. The zero-order chi connectivity index (χ0) is 12.3. The first-order chi connectivity index (χ1) is 8.22. The Kier molecular flexibility index (Phi) is 4.15. The second-order valence-corrected chi connectivity index (χ2v) is 5.01. The number of benzene rings is 1.